The van der Waals surface area contributed by atoms with E-state index in [0.717, 1.165) is 11.7 Å². The number of aliphatic hydroxyl groups excluding tert-OH is 2. The number of ether oxygens (including phenoxy) is 1. The second-order valence-electron chi connectivity index (χ2n) is 3.55. The van der Waals surface area contributed by atoms with Crippen LogP contribution in [0.4, 0.5) is 0 Å². The van der Waals surface area contributed by atoms with Gasteiger partial charge < -0.3 is 20.3 Å². The zero-order chi connectivity index (χ0) is 11.8. The highest BCUT2D eigenvalue weighted by molar-refractivity contribution is 6.99. The monoisotopic (exact) mass is 247 g/mol. The summed E-state index contributed by atoms with van der Waals surface area (Å²) >= 11 is 1.07. The molecule has 1 rings (SSSR count). The molecule has 2 atom stereocenters. The van der Waals surface area contributed by atoms with E-state index >= 15 is 0 Å². The van der Waals surface area contributed by atoms with Crippen LogP contribution in [0.15, 0.2) is 6.20 Å². The second-order valence-corrected chi connectivity index (χ2v) is 4.11. The molecule has 0 fully saturated rings. The smallest absolute Gasteiger partial charge is 0.245 e. The first-order chi connectivity index (χ1) is 7.68. The minimum Gasteiger partial charge on any atom is -0.473 e. The predicted octanol–water partition coefficient (Wildman–Crippen LogP) is -0.362. The van der Waals surface area contributed by atoms with Crippen molar-refractivity contribution in [2.75, 3.05) is 19.7 Å². The summed E-state index contributed by atoms with van der Waals surface area (Å²) < 4.78 is 12.8. The Labute approximate surface area is 98.6 Å². The van der Waals surface area contributed by atoms with E-state index in [-0.39, 0.29) is 12.7 Å². The summed E-state index contributed by atoms with van der Waals surface area (Å²) in [6.45, 7) is 3.03. The topological polar surface area (TPSA) is 87.5 Å². The summed E-state index contributed by atoms with van der Waals surface area (Å²) in [6, 6.07) is 0. The van der Waals surface area contributed by atoms with E-state index in [2.05, 4.69) is 14.1 Å². The lowest BCUT2D eigenvalue weighted by Gasteiger charge is -2.12. The van der Waals surface area contributed by atoms with Crippen LogP contribution in [0.5, 0.6) is 5.88 Å². The van der Waals surface area contributed by atoms with E-state index in [9.17, 15) is 5.11 Å². The van der Waals surface area contributed by atoms with Crippen LogP contribution in [0.2, 0.25) is 0 Å². The molecule has 6 nitrogen and oxygen atoms in total. The fourth-order valence-electron chi connectivity index (χ4n) is 1.04. The van der Waals surface area contributed by atoms with Crippen LogP contribution in [0.25, 0.3) is 0 Å². The van der Waals surface area contributed by atoms with Gasteiger partial charge in [-0.15, -0.1) is 4.37 Å². The minimum absolute atomic E-state index is 0.188. The number of hydrogen-bond acceptors (Lipinski definition) is 7. The van der Waals surface area contributed by atoms with Crippen molar-refractivity contribution in [1.82, 2.24) is 14.1 Å². The number of nitrogens with one attached hydrogen (secondary N) is 1. The third kappa shape index (κ3) is 5.96. The lowest BCUT2D eigenvalue weighted by Crippen LogP contribution is -2.32. The van der Waals surface area contributed by atoms with Crippen molar-refractivity contribution < 1.29 is 14.9 Å². The molecule has 1 aromatic heterocycles. The van der Waals surface area contributed by atoms with Crippen molar-refractivity contribution in [2.45, 2.75) is 25.6 Å². The van der Waals surface area contributed by atoms with Crippen LogP contribution in [-0.4, -0.2) is 50.9 Å². The highest BCUT2D eigenvalue weighted by atomic mass is 32.1. The Hall–Kier alpha value is -0.760. The predicted molar refractivity (Wildman–Crippen MR) is 60.6 cm³/mol. The van der Waals surface area contributed by atoms with Gasteiger partial charge in [0.1, 0.15) is 18.9 Å². The molecule has 2 unspecified atom stereocenters. The fourth-order valence-corrected chi connectivity index (χ4v) is 1.40. The molecule has 1 heterocycles. The van der Waals surface area contributed by atoms with E-state index in [1.165, 1.54) is 6.20 Å². The third-order valence-electron chi connectivity index (χ3n) is 1.88. The van der Waals surface area contributed by atoms with E-state index in [1.807, 2.05) is 0 Å². The lowest BCUT2D eigenvalue weighted by atomic mass is 10.3. The van der Waals surface area contributed by atoms with Gasteiger partial charge in [0.05, 0.1) is 17.8 Å². The molecule has 3 N–H and O–H groups in total. The van der Waals surface area contributed by atoms with Crippen molar-refractivity contribution in [3.8, 4) is 5.88 Å². The molecule has 0 bridgehead atoms. The quantitative estimate of drug-likeness (QED) is 0.544. The molecule has 0 aliphatic rings. The maximum atomic E-state index is 9.52. The van der Waals surface area contributed by atoms with Crippen molar-refractivity contribution in [3.05, 3.63) is 6.20 Å². The number of aliphatic hydroxyl groups is 2. The molecule has 0 spiro atoms. The van der Waals surface area contributed by atoms with Gasteiger partial charge in [-0.2, -0.15) is 4.37 Å². The van der Waals surface area contributed by atoms with Gasteiger partial charge in [-0.25, -0.2) is 0 Å². The number of aromatic nitrogens is 2. The number of nitrogens with zero attached hydrogens (tertiary/aromatic N) is 2. The Morgan fingerprint density at radius 3 is 3.00 bits per heavy atom. The summed E-state index contributed by atoms with van der Waals surface area (Å²) in [7, 11) is 0. The summed E-state index contributed by atoms with van der Waals surface area (Å²) in [6.07, 6.45) is 1.28. The van der Waals surface area contributed by atoms with E-state index < -0.39 is 6.10 Å². The van der Waals surface area contributed by atoms with E-state index in [1.54, 1.807) is 6.92 Å². The fraction of sp³-hybridized carbons (Fsp3) is 0.778. The first kappa shape index (κ1) is 13.3. The van der Waals surface area contributed by atoms with Gasteiger partial charge in [0, 0.05) is 6.54 Å². The SMILES string of the molecule is CC(O)CCNCC(O)COc1cnsn1. The molecule has 0 aromatic carbocycles. The van der Waals surface area contributed by atoms with Gasteiger partial charge in [0.2, 0.25) is 5.88 Å². The zero-order valence-electron chi connectivity index (χ0n) is 9.17. The summed E-state index contributed by atoms with van der Waals surface area (Å²) in [5.41, 5.74) is 0. The molecule has 0 radical (unpaired) electrons. The molecule has 7 heteroatoms. The molecule has 16 heavy (non-hydrogen) atoms. The van der Waals surface area contributed by atoms with Gasteiger partial charge in [0.15, 0.2) is 0 Å². The van der Waals surface area contributed by atoms with Gasteiger partial charge in [0.25, 0.3) is 0 Å². The summed E-state index contributed by atoms with van der Waals surface area (Å²) in [5.74, 6) is 0.438. The average molecular weight is 247 g/mol. The van der Waals surface area contributed by atoms with Crippen LogP contribution < -0.4 is 10.1 Å². The Balaban J connectivity index is 2.00. The Kier molecular flexibility index (Phi) is 6.24. The lowest BCUT2D eigenvalue weighted by molar-refractivity contribution is 0.103. The highest BCUT2D eigenvalue weighted by Gasteiger charge is 2.06. The Bertz CT molecular complexity index is 269. The highest BCUT2D eigenvalue weighted by Crippen LogP contribution is 2.04. The molecule has 0 aliphatic heterocycles. The average Bonchev–Trinajstić information content (AvgIpc) is 2.74. The van der Waals surface area contributed by atoms with Crippen LogP contribution in [0.1, 0.15) is 13.3 Å². The van der Waals surface area contributed by atoms with Crippen molar-refractivity contribution >= 4 is 11.7 Å². The van der Waals surface area contributed by atoms with Crippen molar-refractivity contribution in [3.63, 3.8) is 0 Å². The van der Waals surface area contributed by atoms with E-state index in [4.69, 9.17) is 9.84 Å². The number of hydrogen-bond donors (Lipinski definition) is 3. The summed E-state index contributed by atoms with van der Waals surface area (Å²) in [5, 5.41) is 21.5. The second kappa shape index (κ2) is 7.50. The Morgan fingerprint density at radius 1 is 1.56 bits per heavy atom. The molecule has 0 amide bonds. The standard InChI is InChI=1S/C9H17N3O3S/c1-7(13)2-3-10-4-8(14)6-15-9-5-11-16-12-9/h5,7-8,10,13-14H,2-4,6H2,1H3. The zero-order valence-corrected chi connectivity index (χ0v) is 9.98. The minimum atomic E-state index is -0.587. The molecule has 0 aliphatic carbocycles. The van der Waals surface area contributed by atoms with Crippen LogP contribution in [-0.2, 0) is 0 Å². The molecule has 0 saturated heterocycles. The van der Waals surface area contributed by atoms with Crippen LogP contribution >= 0.6 is 11.7 Å². The first-order valence-electron chi connectivity index (χ1n) is 5.15. The molecule has 0 saturated carbocycles. The third-order valence-corrected chi connectivity index (χ3v) is 2.34. The molecular weight excluding hydrogens is 230 g/mol. The molecule has 92 valence electrons. The van der Waals surface area contributed by atoms with Gasteiger partial charge in [-0.3, -0.25) is 0 Å². The molecular formula is C9H17N3O3S. The Morgan fingerprint density at radius 2 is 2.38 bits per heavy atom. The van der Waals surface area contributed by atoms with Gasteiger partial charge >= 0.3 is 0 Å². The van der Waals surface area contributed by atoms with Crippen LogP contribution in [0.3, 0.4) is 0 Å². The van der Waals surface area contributed by atoms with Crippen molar-refractivity contribution in [2.24, 2.45) is 0 Å². The number of rotatable bonds is 8. The van der Waals surface area contributed by atoms with Gasteiger partial charge in [-0.1, -0.05) is 0 Å². The maximum Gasteiger partial charge on any atom is 0.245 e. The van der Waals surface area contributed by atoms with Gasteiger partial charge in [-0.05, 0) is 19.9 Å². The van der Waals surface area contributed by atoms with Crippen molar-refractivity contribution in [1.29, 1.82) is 0 Å². The molecule has 1 aromatic rings. The summed E-state index contributed by atoms with van der Waals surface area (Å²) in [4.78, 5) is 0. The first-order valence-corrected chi connectivity index (χ1v) is 5.88. The van der Waals surface area contributed by atoms with E-state index in [0.29, 0.717) is 25.4 Å². The maximum absolute atomic E-state index is 9.52. The van der Waals surface area contributed by atoms with Crippen LogP contribution in [0, 0.1) is 0 Å². The normalized spacial score (nSPS) is 14.7. The largest absolute Gasteiger partial charge is 0.473 e.